The number of rotatable bonds is 3. The number of para-hydroxylation sites is 1. The number of hydrogen-bond acceptors (Lipinski definition) is 4. The van der Waals surface area contributed by atoms with Crippen LogP contribution in [0.1, 0.15) is 18.9 Å². The zero-order chi connectivity index (χ0) is 19.4. The summed E-state index contributed by atoms with van der Waals surface area (Å²) in [7, 11) is 2.11. The van der Waals surface area contributed by atoms with Crippen LogP contribution < -0.4 is 4.90 Å². The van der Waals surface area contributed by atoms with Crippen molar-refractivity contribution in [3.63, 3.8) is 0 Å². The Balaban J connectivity index is 1.56. The van der Waals surface area contributed by atoms with Crippen molar-refractivity contribution in [1.82, 2.24) is 9.80 Å². The highest BCUT2D eigenvalue weighted by atomic mass is 16.2. The van der Waals surface area contributed by atoms with Crippen molar-refractivity contribution < 1.29 is 4.79 Å². The summed E-state index contributed by atoms with van der Waals surface area (Å²) in [6, 6.07) is 20.6. The number of hydrogen-bond donors (Lipinski definition) is 0. The van der Waals surface area contributed by atoms with Crippen LogP contribution in [0, 0.1) is 0 Å². The molecule has 0 spiro atoms. The van der Waals surface area contributed by atoms with Crippen LogP contribution in [0.4, 0.5) is 5.69 Å². The van der Waals surface area contributed by atoms with Crippen molar-refractivity contribution in [2.75, 3.05) is 38.1 Å². The molecule has 5 rings (SSSR count). The number of fused-ring (bicyclic) bond motifs is 1. The van der Waals surface area contributed by atoms with E-state index in [1.807, 2.05) is 41.3 Å². The van der Waals surface area contributed by atoms with Crippen LogP contribution in [0.5, 0.6) is 0 Å². The highest BCUT2D eigenvalue weighted by Crippen LogP contribution is 2.61. The molecule has 2 heterocycles. The lowest BCUT2D eigenvalue weighted by Gasteiger charge is -2.34. The Labute approximate surface area is 166 Å². The summed E-state index contributed by atoms with van der Waals surface area (Å²) >= 11 is 0. The Morgan fingerprint density at radius 3 is 2.18 bits per heavy atom. The minimum atomic E-state index is -0.663. The molecule has 0 radical (unpaired) electrons. The van der Waals surface area contributed by atoms with Gasteiger partial charge in [-0.25, -0.2) is 4.99 Å². The Morgan fingerprint density at radius 1 is 0.929 bits per heavy atom. The number of nitrogens with zero attached hydrogens (tertiary/aromatic N) is 4. The number of amidine groups is 1. The van der Waals surface area contributed by atoms with Crippen molar-refractivity contribution in [2.45, 2.75) is 24.4 Å². The smallest absolute Gasteiger partial charge is 0.253 e. The van der Waals surface area contributed by atoms with E-state index in [0.717, 1.165) is 49.7 Å². The van der Waals surface area contributed by atoms with Crippen molar-refractivity contribution in [1.29, 1.82) is 0 Å². The lowest BCUT2D eigenvalue weighted by molar-refractivity contribution is -0.135. The monoisotopic (exact) mass is 374 g/mol. The van der Waals surface area contributed by atoms with Crippen molar-refractivity contribution in [3.8, 4) is 0 Å². The molecule has 2 atom stereocenters. The Morgan fingerprint density at radius 2 is 1.54 bits per heavy atom. The normalized spacial score (nSPS) is 29.4. The van der Waals surface area contributed by atoms with E-state index in [-0.39, 0.29) is 11.4 Å². The number of piperazine rings is 1. The minimum Gasteiger partial charge on any atom is -0.338 e. The quantitative estimate of drug-likeness (QED) is 0.829. The van der Waals surface area contributed by atoms with Gasteiger partial charge < -0.3 is 14.7 Å². The number of benzene rings is 2. The molecule has 5 heteroatoms. The molecule has 5 nitrogen and oxygen atoms in total. The zero-order valence-corrected chi connectivity index (χ0v) is 16.5. The van der Waals surface area contributed by atoms with E-state index in [9.17, 15) is 4.79 Å². The Hall–Kier alpha value is -2.66. The molecule has 0 N–H and O–H groups in total. The molecule has 1 saturated carbocycles. The first-order valence-electron chi connectivity index (χ1n) is 10.0. The average Bonchev–Trinajstić information content (AvgIpc) is 3.25. The van der Waals surface area contributed by atoms with Gasteiger partial charge in [0.1, 0.15) is 5.84 Å². The third-order valence-electron chi connectivity index (χ3n) is 6.56. The zero-order valence-electron chi connectivity index (χ0n) is 16.5. The second kappa shape index (κ2) is 6.17. The largest absolute Gasteiger partial charge is 0.338 e. The van der Waals surface area contributed by atoms with Crippen LogP contribution in [0.2, 0.25) is 0 Å². The summed E-state index contributed by atoms with van der Waals surface area (Å²) in [6.07, 6.45) is 0.774. The predicted molar refractivity (Wildman–Crippen MR) is 112 cm³/mol. The fourth-order valence-corrected chi connectivity index (χ4v) is 4.73. The van der Waals surface area contributed by atoms with Gasteiger partial charge in [-0.1, -0.05) is 48.5 Å². The number of aliphatic imine (C=N–C) groups is 1. The lowest BCUT2D eigenvalue weighted by atomic mass is 10.1. The van der Waals surface area contributed by atoms with E-state index < -0.39 is 5.54 Å². The second-order valence-electron chi connectivity index (χ2n) is 8.38. The third kappa shape index (κ3) is 2.42. The molecule has 0 bridgehead atoms. The highest BCUT2D eigenvalue weighted by Gasteiger charge is 2.77. The van der Waals surface area contributed by atoms with Crippen LogP contribution in [-0.2, 0) is 4.79 Å². The number of likely N-dealkylation sites (N-methyl/N-ethyl adjacent to an activating group) is 1. The number of carbonyl (C=O) groups is 1. The van der Waals surface area contributed by atoms with Crippen molar-refractivity contribution in [3.05, 3.63) is 66.2 Å². The molecule has 2 aromatic rings. The molecular weight excluding hydrogens is 348 g/mol. The van der Waals surface area contributed by atoms with E-state index in [2.05, 4.69) is 48.0 Å². The maximum Gasteiger partial charge on any atom is 0.253 e. The summed E-state index contributed by atoms with van der Waals surface area (Å²) in [6.45, 7) is 5.61. The first-order valence-corrected chi connectivity index (χ1v) is 10.0. The maximum absolute atomic E-state index is 13.6. The highest BCUT2D eigenvalue weighted by molar-refractivity contribution is 6.18. The van der Waals surface area contributed by atoms with Gasteiger partial charge in [0.15, 0.2) is 5.54 Å². The third-order valence-corrected chi connectivity index (χ3v) is 6.56. The van der Waals surface area contributed by atoms with E-state index in [4.69, 9.17) is 4.99 Å². The summed E-state index contributed by atoms with van der Waals surface area (Å²) in [5.74, 6) is 1.10. The van der Waals surface area contributed by atoms with Gasteiger partial charge in [0.05, 0.1) is 5.54 Å². The van der Waals surface area contributed by atoms with Crippen LogP contribution >= 0.6 is 0 Å². The molecule has 2 aliphatic heterocycles. The molecule has 1 aliphatic carbocycles. The number of amides is 1. The van der Waals surface area contributed by atoms with Crippen LogP contribution in [-0.4, -0.2) is 65.8 Å². The summed E-state index contributed by atoms with van der Waals surface area (Å²) < 4.78 is 0. The van der Waals surface area contributed by atoms with Gasteiger partial charge >= 0.3 is 0 Å². The molecule has 2 aromatic carbocycles. The van der Waals surface area contributed by atoms with E-state index >= 15 is 0 Å². The fourth-order valence-electron chi connectivity index (χ4n) is 4.73. The maximum atomic E-state index is 13.6. The van der Waals surface area contributed by atoms with Crippen LogP contribution in [0.25, 0.3) is 0 Å². The summed E-state index contributed by atoms with van der Waals surface area (Å²) in [5.41, 5.74) is 1.19. The van der Waals surface area contributed by atoms with Crippen molar-refractivity contribution in [2.24, 2.45) is 4.99 Å². The number of carbonyl (C=O) groups excluding carboxylic acids is 1. The van der Waals surface area contributed by atoms with Gasteiger partial charge in [0, 0.05) is 43.9 Å². The Kier molecular flexibility index (Phi) is 3.85. The molecule has 28 heavy (non-hydrogen) atoms. The van der Waals surface area contributed by atoms with E-state index in [1.54, 1.807) is 0 Å². The summed E-state index contributed by atoms with van der Waals surface area (Å²) in [4.78, 5) is 25.3. The molecule has 1 amide bonds. The minimum absolute atomic E-state index is 0.190. The summed E-state index contributed by atoms with van der Waals surface area (Å²) in [5, 5.41) is 0. The Bertz CT molecular complexity index is 920. The van der Waals surface area contributed by atoms with Gasteiger partial charge in [0.2, 0.25) is 0 Å². The molecule has 144 valence electrons. The second-order valence-corrected chi connectivity index (χ2v) is 8.38. The average molecular weight is 374 g/mol. The molecule has 3 aliphatic rings. The van der Waals surface area contributed by atoms with E-state index in [0.29, 0.717) is 0 Å². The molecule has 2 unspecified atom stereocenters. The molecular formula is C23H26N4O. The van der Waals surface area contributed by atoms with Gasteiger partial charge in [0.25, 0.3) is 5.91 Å². The molecule has 1 saturated heterocycles. The first-order chi connectivity index (χ1) is 13.6. The molecule has 0 aromatic heterocycles. The lowest BCUT2D eigenvalue weighted by Crippen LogP contribution is -2.52. The predicted octanol–water partition coefficient (Wildman–Crippen LogP) is 2.63. The van der Waals surface area contributed by atoms with E-state index in [1.165, 1.54) is 0 Å². The topological polar surface area (TPSA) is 39.1 Å². The van der Waals surface area contributed by atoms with Gasteiger partial charge in [-0.3, -0.25) is 4.79 Å². The standard InChI is InChI=1S/C23H26N4O/c1-22-17-23(22,21(28)26-15-13-25(2)14-16-26)24-20(18-9-5-3-6-10-18)27(22)19-11-7-4-8-12-19/h3-12H,13-17H2,1-2H3. The van der Waals surface area contributed by atoms with Gasteiger partial charge in [-0.05, 0) is 26.1 Å². The first kappa shape index (κ1) is 17.4. The molecule has 2 fully saturated rings. The fraction of sp³-hybridized carbons (Fsp3) is 0.391. The van der Waals surface area contributed by atoms with Crippen LogP contribution in [0.15, 0.2) is 65.7 Å². The van der Waals surface area contributed by atoms with Gasteiger partial charge in [-0.2, -0.15) is 0 Å². The number of anilines is 1. The SMILES string of the molecule is CN1CCN(C(=O)C23CC2(C)N(c2ccccc2)C(c2ccccc2)=N3)CC1. The van der Waals surface area contributed by atoms with Gasteiger partial charge in [-0.15, -0.1) is 0 Å². The van der Waals surface area contributed by atoms with Crippen LogP contribution in [0.3, 0.4) is 0 Å². The van der Waals surface area contributed by atoms with Crippen molar-refractivity contribution >= 4 is 17.4 Å².